The van der Waals surface area contributed by atoms with Gasteiger partial charge in [0.2, 0.25) is 5.91 Å². The van der Waals surface area contributed by atoms with Crippen molar-refractivity contribution in [1.29, 1.82) is 0 Å². The van der Waals surface area contributed by atoms with Gasteiger partial charge in [-0.3, -0.25) is 19.8 Å². The Labute approximate surface area is 164 Å². The Morgan fingerprint density at radius 1 is 1.21 bits per heavy atom. The third kappa shape index (κ3) is 3.58. The molecule has 3 rings (SSSR count). The molecule has 1 aromatic rings. The Kier molecular flexibility index (Phi) is 5.40. The Balaban J connectivity index is 1.57. The molecule has 0 radical (unpaired) electrons. The fraction of sp³-hybridized carbons (Fsp3) is 0.500. The van der Waals surface area contributed by atoms with Gasteiger partial charge in [-0.2, -0.15) is 5.01 Å². The van der Waals surface area contributed by atoms with Crippen molar-refractivity contribution in [3.05, 3.63) is 35.4 Å². The molecule has 1 unspecified atom stereocenters. The van der Waals surface area contributed by atoms with Crippen LogP contribution >= 0.6 is 0 Å². The molecule has 0 saturated carbocycles. The number of nitrogens with one attached hydrogen (secondary N) is 2. The van der Waals surface area contributed by atoms with Crippen molar-refractivity contribution in [3.8, 4) is 0 Å². The topological polar surface area (TPSA) is 98.8 Å². The second-order valence-corrected chi connectivity index (χ2v) is 7.61. The first kappa shape index (κ1) is 19.9. The van der Waals surface area contributed by atoms with E-state index in [4.69, 9.17) is 0 Å². The number of rotatable bonds is 4. The van der Waals surface area contributed by atoms with Crippen molar-refractivity contribution in [2.24, 2.45) is 5.92 Å². The summed E-state index contributed by atoms with van der Waals surface area (Å²) in [7, 11) is 0. The van der Waals surface area contributed by atoms with Crippen LogP contribution in [0.3, 0.4) is 0 Å². The largest absolute Gasteiger partial charge is 0.344 e. The second kappa shape index (κ2) is 7.61. The first-order valence-corrected chi connectivity index (χ1v) is 9.59. The highest BCUT2D eigenvalue weighted by Gasteiger charge is 2.48. The van der Waals surface area contributed by atoms with Gasteiger partial charge in [-0.25, -0.2) is 4.79 Å². The number of amides is 5. The minimum atomic E-state index is -0.992. The van der Waals surface area contributed by atoms with Crippen LogP contribution in [0.25, 0.3) is 0 Å². The standard InChI is InChI=1S/C20H26N4O4/c1-4-20(3)18(27)24(19(28)21-20)22-16(25)14-9-11-23(12-10-14)17(26)15-8-6-5-7-13(15)2/h5-8,14H,4,9-12H2,1-3H3,(H,21,28)(H,22,25). The van der Waals surface area contributed by atoms with Crippen LogP contribution in [0.2, 0.25) is 0 Å². The van der Waals surface area contributed by atoms with E-state index in [1.54, 1.807) is 24.8 Å². The summed E-state index contributed by atoms with van der Waals surface area (Å²) in [6.07, 6.45) is 1.40. The smallest absolute Gasteiger partial charge is 0.339 e. The van der Waals surface area contributed by atoms with Gasteiger partial charge in [0.1, 0.15) is 5.54 Å². The maximum absolute atomic E-state index is 12.7. The molecule has 0 bridgehead atoms. The normalized spacial score (nSPS) is 23.0. The first-order chi connectivity index (χ1) is 13.3. The van der Waals surface area contributed by atoms with Crippen molar-refractivity contribution < 1.29 is 19.2 Å². The number of hydrogen-bond acceptors (Lipinski definition) is 4. The molecule has 2 saturated heterocycles. The quantitative estimate of drug-likeness (QED) is 0.768. The summed E-state index contributed by atoms with van der Waals surface area (Å²) < 4.78 is 0. The van der Waals surface area contributed by atoms with Crippen molar-refractivity contribution in [3.63, 3.8) is 0 Å². The number of likely N-dealkylation sites (tertiary alicyclic amines) is 1. The Morgan fingerprint density at radius 3 is 2.43 bits per heavy atom. The summed E-state index contributed by atoms with van der Waals surface area (Å²) >= 11 is 0. The molecule has 2 aliphatic heterocycles. The van der Waals surface area contributed by atoms with E-state index >= 15 is 0 Å². The second-order valence-electron chi connectivity index (χ2n) is 7.61. The van der Waals surface area contributed by atoms with Gasteiger partial charge in [-0.1, -0.05) is 25.1 Å². The number of nitrogens with zero attached hydrogens (tertiary/aromatic N) is 2. The number of carbonyl (C=O) groups excluding carboxylic acids is 4. The number of aryl methyl sites for hydroxylation is 1. The van der Waals surface area contributed by atoms with E-state index in [2.05, 4.69) is 10.7 Å². The fourth-order valence-corrected chi connectivity index (χ4v) is 3.55. The van der Waals surface area contributed by atoms with Crippen molar-refractivity contribution in [1.82, 2.24) is 20.7 Å². The van der Waals surface area contributed by atoms with Crippen LogP contribution in [0.4, 0.5) is 4.79 Å². The predicted octanol–water partition coefficient (Wildman–Crippen LogP) is 1.60. The molecule has 150 valence electrons. The zero-order valence-corrected chi connectivity index (χ0v) is 16.4. The lowest BCUT2D eigenvalue weighted by atomic mass is 9.95. The monoisotopic (exact) mass is 386 g/mol. The Bertz CT molecular complexity index is 816. The number of hydrogen-bond donors (Lipinski definition) is 2. The van der Waals surface area contributed by atoms with Gasteiger partial charge in [0.05, 0.1) is 0 Å². The summed E-state index contributed by atoms with van der Waals surface area (Å²) in [6, 6.07) is 6.81. The molecule has 0 spiro atoms. The maximum Gasteiger partial charge on any atom is 0.344 e. The lowest BCUT2D eigenvalue weighted by Crippen LogP contribution is -2.51. The molecule has 2 N–H and O–H groups in total. The van der Waals surface area contributed by atoms with Crippen LogP contribution in [-0.4, -0.2) is 52.3 Å². The van der Waals surface area contributed by atoms with Crippen LogP contribution in [0.5, 0.6) is 0 Å². The number of benzene rings is 1. The molecular weight excluding hydrogens is 360 g/mol. The number of urea groups is 1. The number of piperidine rings is 1. The molecule has 2 fully saturated rings. The van der Waals surface area contributed by atoms with Gasteiger partial charge in [-0.05, 0) is 44.7 Å². The highest BCUT2D eigenvalue weighted by Crippen LogP contribution is 2.23. The van der Waals surface area contributed by atoms with Crippen LogP contribution < -0.4 is 10.7 Å². The van der Waals surface area contributed by atoms with E-state index in [0.717, 1.165) is 10.6 Å². The number of carbonyl (C=O) groups is 4. The molecule has 1 aromatic carbocycles. The Morgan fingerprint density at radius 2 is 1.86 bits per heavy atom. The lowest BCUT2D eigenvalue weighted by molar-refractivity contribution is -0.141. The minimum Gasteiger partial charge on any atom is -0.339 e. The summed E-state index contributed by atoms with van der Waals surface area (Å²) in [5, 5.41) is 3.38. The van der Waals surface area contributed by atoms with Crippen molar-refractivity contribution >= 4 is 23.8 Å². The van der Waals surface area contributed by atoms with E-state index in [-0.39, 0.29) is 17.7 Å². The van der Waals surface area contributed by atoms with E-state index in [1.807, 2.05) is 25.1 Å². The van der Waals surface area contributed by atoms with Gasteiger partial charge in [0.25, 0.3) is 11.8 Å². The molecule has 28 heavy (non-hydrogen) atoms. The summed E-state index contributed by atoms with van der Waals surface area (Å²) in [4.78, 5) is 51.4. The average Bonchev–Trinajstić information content (AvgIpc) is 2.91. The first-order valence-electron chi connectivity index (χ1n) is 9.59. The van der Waals surface area contributed by atoms with Gasteiger partial charge < -0.3 is 10.2 Å². The zero-order chi connectivity index (χ0) is 20.5. The molecule has 1 atom stereocenters. The van der Waals surface area contributed by atoms with Crippen LogP contribution in [-0.2, 0) is 9.59 Å². The van der Waals surface area contributed by atoms with Gasteiger partial charge in [0.15, 0.2) is 0 Å². The van der Waals surface area contributed by atoms with Crippen molar-refractivity contribution in [2.45, 2.75) is 45.6 Å². The fourth-order valence-electron chi connectivity index (χ4n) is 3.55. The van der Waals surface area contributed by atoms with E-state index < -0.39 is 17.5 Å². The average molecular weight is 386 g/mol. The van der Waals surface area contributed by atoms with E-state index in [0.29, 0.717) is 37.9 Å². The summed E-state index contributed by atoms with van der Waals surface area (Å²) in [6.45, 7) is 6.24. The lowest BCUT2D eigenvalue weighted by Gasteiger charge is -2.32. The van der Waals surface area contributed by atoms with Crippen LogP contribution in [0, 0.1) is 12.8 Å². The third-order valence-corrected chi connectivity index (χ3v) is 5.72. The Hall–Kier alpha value is -2.90. The summed E-state index contributed by atoms with van der Waals surface area (Å²) in [5.41, 5.74) is 3.05. The highest BCUT2D eigenvalue weighted by molar-refractivity contribution is 6.07. The zero-order valence-electron chi connectivity index (χ0n) is 16.4. The molecule has 0 aromatic heterocycles. The van der Waals surface area contributed by atoms with E-state index in [9.17, 15) is 19.2 Å². The molecule has 8 heteroatoms. The van der Waals surface area contributed by atoms with Gasteiger partial charge in [0, 0.05) is 24.6 Å². The minimum absolute atomic E-state index is 0.0373. The van der Waals surface area contributed by atoms with Gasteiger partial charge in [-0.15, -0.1) is 0 Å². The number of hydrazine groups is 1. The van der Waals surface area contributed by atoms with Crippen LogP contribution in [0.15, 0.2) is 24.3 Å². The maximum atomic E-state index is 12.7. The van der Waals surface area contributed by atoms with Gasteiger partial charge >= 0.3 is 6.03 Å². The predicted molar refractivity (Wildman–Crippen MR) is 102 cm³/mol. The molecule has 0 aliphatic carbocycles. The van der Waals surface area contributed by atoms with E-state index in [1.165, 1.54) is 0 Å². The SMILES string of the molecule is CCC1(C)NC(=O)N(NC(=O)C2CCN(C(=O)c3ccccc3C)CC2)C1=O. The third-order valence-electron chi connectivity index (χ3n) is 5.72. The molecule has 8 nitrogen and oxygen atoms in total. The summed E-state index contributed by atoms with van der Waals surface area (Å²) in [5.74, 6) is -1.22. The van der Waals surface area contributed by atoms with Crippen molar-refractivity contribution in [2.75, 3.05) is 13.1 Å². The number of imide groups is 1. The molecular formula is C20H26N4O4. The molecule has 5 amide bonds. The molecule has 2 heterocycles. The van der Waals surface area contributed by atoms with Crippen LogP contribution in [0.1, 0.15) is 49.0 Å². The molecule has 2 aliphatic rings. The highest BCUT2D eigenvalue weighted by atomic mass is 16.2.